The van der Waals surface area contributed by atoms with Crippen molar-refractivity contribution in [3.05, 3.63) is 53.4 Å². The van der Waals surface area contributed by atoms with E-state index < -0.39 is 17.6 Å². The van der Waals surface area contributed by atoms with Gasteiger partial charge >= 0.3 is 0 Å². The van der Waals surface area contributed by atoms with Crippen LogP contribution < -0.4 is 22.5 Å². The van der Waals surface area contributed by atoms with Crippen LogP contribution in [-0.4, -0.2) is 77.1 Å². The third-order valence-electron chi connectivity index (χ3n) is 7.19. The first kappa shape index (κ1) is 32.6. The van der Waals surface area contributed by atoms with E-state index in [1.165, 1.54) is 43.5 Å². The number of nitrogens with one attached hydrogen (secondary N) is 1. The van der Waals surface area contributed by atoms with E-state index in [0.717, 1.165) is 25.9 Å². The van der Waals surface area contributed by atoms with Gasteiger partial charge in [0.25, 0.3) is 5.91 Å². The van der Waals surface area contributed by atoms with Gasteiger partial charge in [0, 0.05) is 43.5 Å². The quantitative estimate of drug-likeness (QED) is 0.137. The molecule has 2 heterocycles. The Labute approximate surface area is 232 Å². The molecule has 4 rings (SSSR count). The molecule has 0 bridgehead atoms. The highest BCUT2D eigenvalue weighted by molar-refractivity contribution is 6.14. The third kappa shape index (κ3) is 9.82. The molecule has 2 unspecified atom stereocenters. The predicted octanol–water partition coefficient (Wildman–Crippen LogP) is 0.0487. The van der Waals surface area contributed by atoms with E-state index >= 15 is 0 Å². The van der Waals surface area contributed by atoms with Crippen molar-refractivity contribution in [1.29, 1.82) is 0 Å². The predicted molar refractivity (Wildman–Crippen MR) is 150 cm³/mol. The number of fused-ring (bicyclic) bond motifs is 1. The minimum Gasteiger partial charge on any atom is -0.398 e. The summed E-state index contributed by atoms with van der Waals surface area (Å²) in [6.45, 7) is 7.06. The maximum absolute atomic E-state index is 11.6. The van der Waals surface area contributed by atoms with E-state index in [1.54, 1.807) is 17.4 Å². The van der Waals surface area contributed by atoms with Gasteiger partial charge in [-0.1, -0.05) is 32.4 Å². The number of carbonyl (C=O) groups is 1. The van der Waals surface area contributed by atoms with Crippen LogP contribution >= 0.6 is 0 Å². The highest BCUT2D eigenvalue weighted by Gasteiger charge is 2.48. The Balaban J connectivity index is 0.000000259. The summed E-state index contributed by atoms with van der Waals surface area (Å²) in [4.78, 5) is 13.5. The van der Waals surface area contributed by atoms with Crippen LogP contribution in [-0.2, 0) is 4.74 Å². The first-order valence-electron chi connectivity index (χ1n) is 13.5. The van der Waals surface area contributed by atoms with Crippen LogP contribution in [0.5, 0.6) is 0 Å². The van der Waals surface area contributed by atoms with Crippen molar-refractivity contribution in [2.24, 2.45) is 35.0 Å². The minimum atomic E-state index is -2.77. The smallest absolute Gasteiger partial charge is 0.254 e. The molecule has 1 aliphatic carbocycles. The van der Waals surface area contributed by atoms with Gasteiger partial charge in [-0.25, -0.2) is 0 Å². The number of hydrogen-bond donors (Lipinski definition) is 8. The van der Waals surface area contributed by atoms with Crippen molar-refractivity contribution in [2.75, 3.05) is 26.3 Å². The molecule has 216 valence electrons. The molecular weight excluding hydrogens is 501 g/mol. The summed E-state index contributed by atoms with van der Waals surface area (Å²) in [5.74, 6) is -3.63. The molecule has 11 N–H and O–H groups in total. The molecule has 2 saturated heterocycles. The minimum absolute atomic E-state index is 0.0462. The summed E-state index contributed by atoms with van der Waals surface area (Å²) < 4.78 is 5.29. The summed E-state index contributed by atoms with van der Waals surface area (Å²) in [5.41, 5.74) is 17.6. The highest BCUT2D eigenvalue weighted by atomic mass is 16.5. The second-order valence-corrected chi connectivity index (χ2v) is 9.98. The normalized spacial score (nSPS) is 22.1. The number of benzene rings is 1. The number of rotatable bonds is 6. The molecule has 3 fully saturated rings. The van der Waals surface area contributed by atoms with E-state index in [9.17, 15) is 15.0 Å². The van der Waals surface area contributed by atoms with Gasteiger partial charge in [0.2, 0.25) is 5.91 Å². The zero-order valence-corrected chi connectivity index (χ0v) is 22.9. The Morgan fingerprint density at radius 1 is 0.949 bits per heavy atom. The summed E-state index contributed by atoms with van der Waals surface area (Å²) >= 11 is 0. The molecule has 12 heteroatoms. The maximum Gasteiger partial charge on any atom is 0.254 e. The molecule has 2 aliphatic heterocycles. The zero-order chi connectivity index (χ0) is 29.2. The number of carbonyl (C=O) groups excluding carboxylic acids is 1. The lowest BCUT2D eigenvalue weighted by molar-refractivity contribution is -0.301. The highest BCUT2D eigenvalue weighted by Crippen LogP contribution is 2.41. The molecule has 2 atom stereocenters. The molecule has 1 saturated carbocycles. The molecule has 11 nitrogen and oxygen atoms in total. The van der Waals surface area contributed by atoms with Gasteiger partial charge in [0.15, 0.2) is 13.7 Å². The third-order valence-corrected chi connectivity index (χ3v) is 7.19. The zero-order valence-electron chi connectivity index (χ0n) is 22.9. The van der Waals surface area contributed by atoms with Crippen molar-refractivity contribution < 1.29 is 30.0 Å². The van der Waals surface area contributed by atoms with E-state index in [0.29, 0.717) is 36.3 Å². The van der Waals surface area contributed by atoms with Gasteiger partial charge in [-0.2, -0.15) is 0 Å². The van der Waals surface area contributed by atoms with Crippen LogP contribution in [0, 0.1) is 17.8 Å². The molecule has 3 aliphatic rings. The topological polar surface area (TPSA) is 201 Å². The lowest BCUT2D eigenvalue weighted by atomic mass is 9.95. The molecule has 1 amide bonds. The Hall–Kier alpha value is -2.61. The molecule has 1 aromatic rings. The largest absolute Gasteiger partial charge is 0.398 e. The van der Waals surface area contributed by atoms with Crippen molar-refractivity contribution in [2.45, 2.75) is 57.7 Å². The fourth-order valence-electron chi connectivity index (χ4n) is 5.18. The Bertz CT molecular complexity index is 958. The first-order chi connectivity index (χ1) is 18.4. The number of likely N-dealkylation sites (tertiary alicyclic amines) is 1. The summed E-state index contributed by atoms with van der Waals surface area (Å²) in [6, 6.07) is 6.06. The van der Waals surface area contributed by atoms with Crippen LogP contribution in [0.25, 0.3) is 5.70 Å². The van der Waals surface area contributed by atoms with Gasteiger partial charge in [-0.05, 0) is 67.4 Å². The monoisotopic (exact) mass is 545 g/mol. The number of aliphatic hydroxyl groups is 4. The van der Waals surface area contributed by atoms with Crippen molar-refractivity contribution in [3.63, 3.8) is 0 Å². The maximum atomic E-state index is 11.6. The number of nitrogens with zero attached hydrogens (tertiary/aromatic N) is 1. The van der Waals surface area contributed by atoms with Crippen LogP contribution in [0.1, 0.15) is 61.9 Å². The average Bonchev–Trinajstić information content (AvgIpc) is 3.52. The molecule has 2 radical (unpaired) electrons. The van der Waals surface area contributed by atoms with E-state index in [4.69, 9.17) is 40.0 Å². The molecule has 39 heavy (non-hydrogen) atoms. The fourth-order valence-corrected chi connectivity index (χ4v) is 5.18. The van der Waals surface area contributed by atoms with Crippen molar-refractivity contribution in [1.82, 2.24) is 10.2 Å². The Morgan fingerprint density at radius 2 is 1.46 bits per heavy atom. The van der Waals surface area contributed by atoms with E-state index in [-0.39, 0.29) is 17.3 Å². The first-order valence-corrected chi connectivity index (χ1v) is 13.5. The van der Waals surface area contributed by atoms with E-state index in [2.05, 4.69) is 0 Å². The number of amides is 1. The lowest BCUT2D eigenvalue weighted by Gasteiger charge is -2.40. The lowest BCUT2D eigenvalue weighted by Crippen LogP contribution is -2.54. The number of hydrogen-bond acceptors (Lipinski definition) is 10. The summed E-state index contributed by atoms with van der Waals surface area (Å²) in [7, 11) is 4.84. The van der Waals surface area contributed by atoms with Crippen molar-refractivity contribution >= 4 is 19.5 Å². The SMILES string of the molecule is CC.OC(O)(C1CCOCC1)N1CC2CCCC2C1.[B]C(O)(O)NC(=O)c1ccc(/C(N)=C/C=C(N)N)cc1. The fraction of sp³-hybridized carbons (Fsp3) is 0.593. The standard InChI is InChI=1S/C13H23NO3.C12H15BN4O3.C2H6/c15-13(16,12-4-6-17-7-5-12)14-8-10-2-1-3-11(10)9-14;13-12(19,20)17-11(18)8-3-1-7(2-4-8)9(14)5-6-10(15)16;1-2/h10-12,15-16H,1-9H2;1-6,19-20H,14-16H2,(H,17,18);1-2H3/b;9-5-;. The second kappa shape index (κ2) is 14.7. The van der Waals surface area contributed by atoms with Gasteiger partial charge < -0.3 is 47.7 Å². The number of nitrogens with two attached hydrogens (primary N) is 3. The average molecular weight is 545 g/mol. The second-order valence-electron chi connectivity index (χ2n) is 9.98. The van der Waals surface area contributed by atoms with Crippen molar-refractivity contribution in [3.8, 4) is 0 Å². The van der Waals surface area contributed by atoms with Gasteiger partial charge in [0.1, 0.15) is 0 Å². The molecule has 0 spiro atoms. The summed E-state index contributed by atoms with van der Waals surface area (Å²) in [5, 5.41) is 40.3. The molecular formula is C27H44BN5O6. The number of allylic oxidation sites excluding steroid dienone is 2. The Kier molecular flexibility index (Phi) is 12.3. The van der Waals surface area contributed by atoms with E-state index in [1.807, 2.05) is 18.7 Å². The van der Waals surface area contributed by atoms with Crippen LogP contribution in [0.4, 0.5) is 0 Å². The van der Waals surface area contributed by atoms with Gasteiger partial charge in [-0.3, -0.25) is 9.69 Å². The summed E-state index contributed by atoms with van der Waals surface area (Å²) in [6.07, 6.45) is 8.35. The van der Waals surface area contributed by atoms with Crippen LogP contribution in [0.15, 0.2) is 42.2 Å². The Morgan fingerprint density at radius 3 is 1.95 bits per heavy atom. The molecule has 1 aromatic carbocycles. The van der Waals surface area contributed by atoms with Crippen LogP contribution in [0.3, 0.4) is 0 Å². The molecule has 0 aromatic heterocycles. The number of ether oxygens (including phenoxy) is 1. The van der Waals surface area contributed by atoms with Gasteiger partial charge in [0.05, 0.1) is 5.82 Å². The van der Waals surface area contributed by atoms with Crippen LogP contribution in [0.2, 0.25) is 0 Å². The van der Waals surface area contributed by atoms with Gasteiger partial charge in [-0.15, -0.1) is 0 Å².